The van der Waals surface area contributed by atoms with Crippen LogP contribution in [0.25, 0.3) is 0 Å². The highest BCUT2D eigenvalue weighted by Gasteiger charge is 2.13. The summed E-state index contributed by atoms with van der Waals surface area (Å²) in [6.45, 7) is -0.105. The van der Waals surface area contributed by atoms with Crippen LogP contribution in [0, 0.1) is 5.82 Å². The normalized spacial score (nSPS) is 10.8. The molecular formula is C13H12FN5O4. The Hall–Kier alpha value is -3.43. The van der Waals surface area contributed by atoms with Crippen molar-refractivity contribution in [2.45, 2.75) is 6.54 Å². The number of hydrazone groups is 1. The lowest BCUT2D eigenvalue weighted by Crippen LogP contribution is -2.33. The molecule has 0 unspecified atom stereocenters. The lowest BCUT2D eigenvalue weighted by Gasteiger charge is -2.09. The number of amides is 2. The maximum atomic E-state index is 12.9. The van der Waals surface area contributed by atoms with Crippen molar-refractivity contribution in [2.75, 3.05) is 0 Å². The topological polar surface area (TPSA) is 143 Å². The summed E-state index contributed by atoms with van der Waals surface area (Å²) < 4.78 is 13.7. The van der Waals surface area contributed by atoms with E-state index in [4.69, 9.17) is 5.73 Å². The second-order valence-electron chi connectivity index (χ2n) is 4.44. The van der Waals surface area contributed by atoms with Crippen LogP contribution in [0.3, 0.4) is 0 Å². The summed E-state index contributed by atoms with van der Waals surface area (Å²) in [4.78, 5) is 36.0. The molecule has 2 rings (SSSR count). The number of halogens is 1. The number of nitrogens with one attached hydrogen (secondary N) is 2. The molecule has 0 aliphatic carbocycles. The van der Waals surface area contributed by atoms with E-state index in [1.54, 1.807) is 0 Å². The van der Waals surface area contributed by atoms with E-state index in [2.05, 4.69) is 5.10 Å². The predicted octanol–water partition coefficient (Wildman–Crippen LogP) is -0.568. The fourth-order valence-corrected chi connectivity index (χ4v) is 1.77. The Bertz CT molecular complexity index is 869. The lowest BCUT2D eigenvalue weighted by atomic mass is 10.2. The number of nitrogens with two attached hydrogens (primary N) is 1. The SMILES string of the molecule is NC(=O)N/N=C/c1c(O)n(Cc2ccc(F)cc2)c(=O)[nH]c1=O. The molecule has 2 amide bonds. The molecule has 0 fully saturated rings. The number of urea groups is 1. The first kappa shape index (κ1) is 15.9. The van der Waals surface area contributed by atoms with Gasteiger partial charge >= 0.3 is 11.7 Å². The highest BCUT2D eigenvalue weighted by atomic mass is 19.1. The summed E-state index contributed by atoms with van der Waals surface area (Å²) >= 11 is 0. The maximum absolute atomic E-state index is 12.9. The van der Waals surface area contributed by atoms with Crippen molar-refractivity contribution < 1.29 is 14.3 Å². The first-order chi connectivity index (χ1) is 10.9. The van der Waals surface area contributed by atoms with Crippen molar-refractivity contribution in [1.82, 2.24) is 15.0 Å². The molecule has 23 heavy (non-hydrogen) atoms. The van der Waals surface area contributed by atoms with E-state index in [1.807, 2.05) is 10.4 Å². The molecule has 0 aliphatic rings. The van der Waals surface area contributed by atoms with E-state index in [0.717, 1.165) is 10.8 Å². The van der Waals surface area contributed by atoms with Crippen molar-refractivity contribution >= 4 is 12.2 Å². The molecule has 1 heterocycles. The second-order valence-corrected chi connectivity index (χ2v) is 4.44. The number of benzene rings is 1. The van der Waals surface area contributed by atoms with E-state index in [1.165, 1.54) is 24.3 Å². The summed E-state index contributed by atoms with van der Waals surface area (Å²) in [6, 6.07) is 4.28. The molecule has 1 aromatic heterocycles. The van der Waals surface area contributed by atoms with Gasteiger partial charge in [0.2, 0.25) is 5.88 Å². The van der Waals surface area contributed by atoms with E-state index >= 15 is 0 Å². The van der Waals surface area contributed by atoms with Gasteiger partial charge in [0, 0.05) is 0 Å². The number of aromatic nitrogens is 2. The molecule has 0 bridgehead atoms. The van der Waals surface area contributed by atoms with Gasteiger partial charge in [-0.25, -0.2) is 19.4 Å². The van der Waals surface area contributed by atoms with Crippen LogP contribution in [0.4, 0.5) is 9.18 Å². The fraction of sp³-hybridized carbons (Fsp3) is 0.0769. The molecule has 0 saturated heterocycles. The quantitative estimate of drug-likeness (QED) is 0.442. The van der Waals surface area contributed by atoms with Crippen molar-refractivity contribution in [1.29, 1.82) is 0 Å². The smallest absolute Gasteiger partial charge is 0.332 e. The largest absolute Gasteiger partial charge is 0.494 e. The zero-order valence-electron chi connectivity index (χ0n) is 11.6. The molecule has 120 valence electrons. The van der Waals surface area contributed by atoms with Gasteiger partial charge in [-0.1, -0.05) is 12.1 Å². The van der Waals surface area contributed by atoms with Gasteiger partial charge in [-0.15, -0.1) is 0 Å². The molecular weight excluding hydrogens is 309 g/mol. The number of primary amides is 1. The minimum atomic E-state index is -0.961. The van der Waals surface area contributed by atoms with E-state index < -0.39 is 29.0 Å². The van der Waals surface area contributed by atoms with Crippen LogP contribution in [0.2, 0.25) is 0 Å². The van der Waals surface area contributed by atoms with Crippen LogP contribution in [0.5, 0.6) is 5.88 Å². The van der Waals surface area contributed by atoms with Crippen LogP contribution in [0.1, 0.15) is 11.1 Å². The molecule has 2 aromatic rings. The number of rotatable bonds is 4. The minimum absolute atomic E-state index is 0.105. The van der Waals surface area contributed by atoms with E-state index in [-0.39, 0.29) is 12.1 Å². The standard InChI is InChI=1S/C13H12FN5O4/c14-8-3-1-7(2-4-8)6-19-11(21)9(5-16-18-12(15)22)10(20)17-13(19)23/h1-5,21H,6H2,(H3,15,18,22)(H,17,20,23)/b16-5+. The van der Waals surface area contributed by atoms with E-state index in [9.17, 15) is 23.9 Å². The molecule has 0 spiro atoms. The average molecular weight is 321 g/mol. The Kier molecular flexibility index (Phi) is 4.55. The Morgan fingerprint density at radius 2 is 2.04 bits per heavy atom. The highest BCUT2D eigenvalue weighted by Crippen LogP contribution is 2.11. The Labute approximate surface area is 127 Å². The second kappa shape index (κ2) is 6.56. The summed E-state index contributed by atoms with van der Waals surface area (Å²) in [5.74, 6) is -1.10. The fourth-order valence-electron chi connectivity index (χ4n) is 1.77. The lowest BCUT2D eigenvalue weighted by molar-refractivity contribution is 0.249. The Morgan fingerprint density at radius 3 is 2.65 bits per heavy atom. The molecule has 0 saturated carbocycles. The third-order valence-electron chi connectivity index (χ3n) is 2.83. The number of nitrogens with zero attached hydrogens (tertiary/aromatic N) is 2. The summed E-state index contributed by atoms with van der Waals surface area (Å²) in [5.41, 5.74) is 5.09. The molecule has 10 heteroatoms. The van der Waals surface area contributed by atoms with Gasteiger partial charge in [-0.05, 0) is 17.7 Å². The number of carbonyl (C=O) groups excluding carboxylic acids is 1. The number of aromatic amines is 1. The number of hydrogen-bond acceptors (Lipinski definition) is 5. The van der Waals surface area contributed by atoms with Crippen molar-refractivity contribution in [3.8, 4) is 5.88 Å². The number of aromatic hydroxyl groups is 1. The number of hydrogen-bond donors (Lipinski definition) is 4. The van der Waals surface area contributed by atoms with Crippen LogP contribution >= 0.6 is 0 Å². The van der Waals surface area contributed by atoms with Gasteiger partial charge in [0.05, 0.1) is 12.8 Å². The molecule has 1 aromatic carbocycles. The third-order valence-corrected chi connectivity index (χ3v) is 2.83. The Morgan fingerprint density at radius 1 is 1.39 bits per heavy atom. The van der Waals surface area contributed by atoms with Gasteiger partial charge in [-0.2, -0.15) is 5.10 Å². The molecule has 5 N–H and O–H groups in total. The first-order valence-corrected chi connectivity index (χ1v) is 6.27. The number of H-pyrrole nitrogens is 1. The Balaban J connectivity index is 2.41. The minimum Gasteiger partial charge on any atom is -0.494 e. The molecule has 0 atom stereocenters. The van der Waals surface area contributed by atoms with Crippen LogP contribution < -0.4 is 22.4 Å². The molecule has 0 radical (unpaired) electrons. The average Bonchev–Trinajstić information content (AvgIpc) is 2.48. The zero-order valence-corrected chi connectivity index (χ0v) is 11.6. The molecule has 9 nitrogen and oxygen atoms in total. The maximum Gasteiger partial charge on any atom is 0.332 e. The van der Waals surface area contributed by atoms with Gasteiger partial charge in [0.15, 0.2) is 0 Å². The third kappa shape index (κ3) is 3.81. The summed E-state index contributed by atoms with van der Waals surface area (Å²) in [7, 11) is 0. The summed E-state index contributed by atoms with van der Waals surface area (Å²) in [6.07, 6.45) is 0.847. The van der Waals surface area contributed by atoms with Crippen molar-refractivity contribution in [3.05, 3.63) is 62.0 Å². The first-order valence-electron chi connectivity index (χ1n) is 6.27. The van der Waals surface area contributed by atoms with Gasteiger partial charge in [0.25, 0.3) is 5.56 Å². The van der Waals surface area contributed by atoms with E-state index in [0.29, 0.717) is 5.56 Å². The van der Waals surface area contributed by atoms with Gasteiger partial charge < -0.3 is 10.8 Å². The summed E-state index contributed by atoms with van der Waals surface area (Å²) in [5, 5.41) is 13.4. The molecule has 0 aliphatic heterocycles. The highest BCUT2D eigenvalue weighted by molar-refractivity contribution is 5.83. The van der Waals surface area contributed by atoms with Gasteiger partial charge in [-0.3, -0.25) is 14.3 Å². The van der Waals surface area contributed by atoms with Gasteiger partial charge in [0.1, 0.15) is 11.4 Å². The monoisotopic (exact) mass is 321 g/mol. The predicted molar refractivity (Wildman–Crippen MR) is 78.8 cm³/mol. The van der Waals surface area contributed by atoms with Crippen LogP contribution in [0.15, 0.2) is 39.0 Å². The van der Waals surface area contributed by atoms with Crippen molar-refractivity contribution in [3.63, 3.8) is 0 Å². The number of carbonyl (C=O) groups is 1. The van der Waals surface area contributed by atoms with Crippen LogP contribution in [-0.4, -0.2) is 26.9 Å². The zero-order chi connectivity index (χ0) is 17.0. The van der Waals surface area contributed by atoms with Crippen molar-refractivity contribution in [2.24, 2.45) is 10.8 Å². The van der Waals surface area contributed by atoms with Crippen LogP contribution in [-0.2, 0) is 6.54 Å².